The number of benzene rings is 1. The Hall–Kier alpha value is -2.04. The predicted molar refractivity (Wildman–Crippen MR) is 104 cm³/mol. The van der Waals surface area contributed by atoms with Gasteiger partial charge < -0.3 is 15.4 Å². The highest BCUT2D eigenvalue weighted by atomic mass is 16.5. The van der Waals surface area contributed by atoms with Gasteiger partial charge in [0.05, 0.1) is 7.11 Å². The minimum atomic E-state index is -0.134. The highest BCUT2D eigenvalue weighted by Crippen LogP contribution is 2.09. The topological polar surface area (TPSA) is 62.7 Å². The number of carbonyl (C=O) groups is 1. The Bertz CT molecular complexity index is 536. The number of hydrogen-bond acceptors (Lipinski definition) is 3. The zero-order valence-corrected chi connectivity index (χ0v) is 16.2. The van der Waals surface area contributed by atoms with Crippen LogP contribution in [0.3, 0.4) is 0 Å². The lowest BCUT2D eigenvalue weighted by Crippen LogP contribution is -2.38. The van der Waals surface area contributed by atoms with Crippen LogP contribution in [0, 0.1) is 13.8 Å². The zero-order chi connectivity index (χ0) is 18.5. The molecule has 1 aromatic carbocycles. The van der Waals surface area contributed by atoms with Crippen LogP contribution in [0.5, 0.6) is 0 Å². The first-order chi connectivity index (χ1) is 12.0. The molecule has 0 heterocycles. The van der Waals surface area contributed by atoms with E-state index in [-0.39, 0.29) is 5.97 Å². The zero-order valence-electron chi connectivity index (χ0n) is 16.2. The molecule has 0 radical (unpaired) electrons. The summed E-state index contributed by atoms with van der Waals surface area (Å²) < 4.78 is 4.64. The fraction of sp³-hybridized carbons (Fsp3) is 0.600. The molecule has 0 saturated heterocycles. The number of nitrogens with one attached hydrogen (secondary N) is 2. The Morgan fingerprint density at radius 1 is 1.08 bits per heavy atom. The van der Waals surface area contributed by atoms with E-state index < -0.39 is 0 Å². The number of esters is 1. The first kappa shape index (κ1) is 21.0. The first-order valence-electron chi connectivity index (χ1n) is 9.21. The van der Waals surface area contributed by atoms with Gasteiger partial charge in [0.2, 0.25) is 0 Å². The molecule has 0 atom stereocenters. The van der Waals surface area contributed by atoms with Crippen LogP contribution >= 0.6 is 0 Å². The molecule has 0 unspecified atom stereocenters. The van der Waals surface area contributed by atoms with Crippen LogP contribution < -0.4 is 10.6 Å². The summed E-state index contributed by atoms with van der Waals surface area (Å²) in [5, 5.41) is 6.67. The van der Waals surface area contributed by atoms with Crippen LogP contribution in [-0.4, -0.2) is 38.7 Å². The van der Waals surface area contributed by atoms with Crippen LogP contribution in [0.25, 0.3) is 0 Å². The SMILES string of the molecule is CCNC(=NCCCCCC(=O)OC)NCCc1cc(C)cc(C)c1. The minimum absolute atomic E-state index is 0.134. The minimum Gasteiger partial charge on any atom is -0.469 e. The Balaban J connectivity index is 2.31. The average Bonchev–Trinajstić information content (AvgIpc) is 2.56. The summed E-state index contributed by atoms with van der Waals surface area (Å²) in [4.78, 5) is 15.6. The molecule has 0 bridgehead atoms. The third-order valence-electron chi connectivity index (χ3n) is 3.87. The lowest BCUT2D eigenvalue weighted by Gasteiger charge is -2.12. The fourth-order valence-corrected chi connectivity index (χ4v) is 2.73. The van der Waals surface area contributed by atoms with Gasteiger partial charge >= 0.3 is 5.97 Å². The smallest absolute Gasteiger partial charge is 0.305 e. The number of methoxy groups -OCH3 is 1. The number of aliphatic imine (C=N–C) groups is 1. The Morgan fingerprint density at radius 2 is 1.80 bits per heavy atom. The molecule has 0 spiro atoms. The van der Waals surface area contributed by atoms with Crippen molar-refractivity contribution in [2.45, 2.75) is 52.9 Å². The molecule has 0 saturated carbocycles. The van der Waals surface area contributed by atoms with E-state index in [0.717, 1.165) is 51.3 Å². The summed E-state index contributed by atoms with van der Waals surface area (Å²) in [7, 11) is 1.43. The molecule has 0 aromatic heterocycles. The van der Waals surface area contributed by atoms with Gasteiger partial charge in [-0.25, -0.2) is 0 Å². The third-order valence-corrected chi connectivity index (χ3v) is 3.87. The number of unbranched alkanes of at least 4 members (excludes halogenated alkanes) is 2. The highest BCUT2D eigenvalue weighted by molar-refractivity contribution is 5.79. The van der Waals surface area contributed by atoms with Gasteiger partial charge in [-0.2, -0.15) is 0 Å². The molecule has 5 heteroatoms. The van der Waals surface area contributed by atoms with Crippen LogP contribution in [0.1, 0.15) is 49.3 Å². The van der Waals surface area contributed by atoms with Gasteiger partial charge in [-0.3, -0.25) is 9.79 Å². The number of guanidine groups is 1. The van der Waals surface area contributed by atoms with E-state index >= 15 is 0 Å². The van der Waals surface area contributed by atoms with Gasteiger partial charge in [0, 0.05) is 26.1 Å². The quantitative estimate of drug-likeness (QED) is 0.295. The largest absolute Gasteiger partial charge is 0.469 e. The molecule has 140 valence electrons. The van der Waals surface area contributed by atoms with Gasteiger partial charge in [0.25, 0.3) is 0 Å². The van der Waals surface area contributed by atoms with Gasteiger partial charge in [-0.15, -0.1) is 0 Å². The summed E-state index contributed by atoms with van der Waals surface area (Å²) in [5.41, 5.74) is 3.97. The van der Waals surface area contributed by atoms with E-state index in [1.54, 1.807) is 0 Å². The van der Waals surface area contributed by atoms with E-state index in [2.05, 4.69) is 59.3 Å². The number of nitrogens with zero attached hydrogens (tertiary/aromatic N) is 1. The van der Waals surface area contributed by atoms with Crippen molar-refractivity contribution in [3.05, 3.63) is 34.9 Å². The van der Waals surface area contributed by atoms with E-state index in [0.29, 0.717) is 6.42 Å². The molecule has 0 aliphatic heterocycles. The van der Waals surface area contributed by atoms with Crippen molar-refractivity contribution in [2.24, 2.45) is 4.99 Å². The number of rotatable bonds is 10. The van der Waals surface area contributed by atoms with Crippen molar-refractivity contribution in [1.29, 1.82) is 0 Å². The maximum atomic E-state index is 11.0. The monoisotopic (exact) mass is 347 g/mol. The number of hydrogen-bond donors (Lipinski definition) is 2. The summed E-state index contributed by atoms with van der Waals surface area (Å²) in [6.45, 7) is 8.80. The molecule has 1 rings (SSSR count). The molecular weight excluding hydrogens is 314 g/mol. The second-order valence-electron chi connectivity index (χ2n) is 6.32. The van der Waals surface area contributed by atoms with E-state index in [4.69, 9.17) is 0 Å². The summed E-state index contributed by atoms with van der Waals surface area (Å²) in [6, 6.07) is 6.67. The highest BCUT2D eigenvalue weighted by Gasteiger charge is 2.01. The summed E-state index contributed by atoms with van der Waals surface area (Å²) in [5.74, 6) is 0.727. The Labute approximate surface area is 152 Å². The van der Waals surface area contributed by atoms with Crippen LogP contribution in [0.15, 0.2) is 23.2 Å². The first-order valence-corrected chi connectivity index (χ1v) is 9.21. The van der Waals surface area contributed by atoms with Crippen molar-refractivity contribution in [2.75, 3.05) is 26.7 Å². The Morgan fingerprint density at radius 3 is 2.44 bits per heavy atom. The summed E-state index contributed by atoms with van der Waals surface area (Å²) >= 11 is 0. The molecule has 2 N–H and O–H groups in total. The van der Waals surface area contributed by atoms with Gasteiger partial charge in [-0.1, -0.05) is 35.7 Å². The van der Waals surface area contributed by atoms with Crippen molar-refractivity contribution in [3.8, 4) is 0 Å². The predicted octanol–water partition coefficient (Wildman–Crippen LogP) is 3.13. The molecule has 0 aliphatic carbocycles. The second kappa shape index (κ2) is 12.3. The second-order valence-corrected chi connectivity index (χ2v) is 6.32. The molecular formula is C20H33N3O2. The number of aryl methyl sites for hydroxylation is 2. The lowest BCUT2D eigenvalue weighted by atomic mass is 10.1. The fourth-order valence-electron chi connectivity index (χ4n) is 2.73. The van der Waals surface area contributed by atoms with Crippen LogP contribution in [0.4, 0.5) is 0 Å². The van der Waals surface area contributed by atoms with E-state index in [9.17, 15) is 4.79 Å². The lowest BCUT2D eigenvalue weighted by molar-refractivity contribution is -0.140. The van der Waals surface area contributed by atoms with Gasteiger partial charge in [-0.05, 0) is 45.6 Å². The van der Waals surface area contributed by atoms with Crippen molar-refractivity contribution >= 4 is 11.9 Å². The number of ether oxygens (including phenoxy) is 1. The normalized spacial score (nSPS) is 11.3. The third kappa shape index (κ3) is 9.75. The Kier molecular flexibility index (Phi) is 10.4. The molecule has 0 amide bonds. The van der Waals surface area contributed by atoms with E-state index in [1.807, 2.05) is 0 Å². The number of carbonyl (C=O) groups excluding carboxylic acids is 1. The average molecular weight is 348 g/mol. The van der Waals surface area contributed by atoms with Crippen molar-refractivity contribution < 1.29 is 9.53 Å². The van der Waals surface area contributed by atoms with Crippen LogP contribution in [0.2, 0.25) is 0 Å². The maximum absolute atomic E-state index is 11.0. The standard InChI is InChI=1S/C20H33N3O2/c1-5-21-20(22-11-8-6-7-9-19(24)25-4)23-12-10-18-14-16(2)13-17(3)15-18/h13-15H,5-12H2,1-4H3,(H2,21,22,23). The molecule has 25 heavy (non-hydrogen) atoms. The molecule has 0 fully saturated rings. The maximum Gasteiger partial charge on any atom is 0.305 e. The van der Waals surface area contributed by atoms with Gasteiger partial charge in [0.1, 0.15) is 0 Å². The molecule has 5 nitrogen and oxygen atoms in total. The van der Waals surface area contributed by atoms with Crippen molar-refractivity contribution in [3.63, 3.8) is 0 Å². The van der Waals surface area contributed by atoms with Crippen molar-refractivity contribution in [1.82, 2.24) is 10.6 Å². The van der Waals surface area contributed by atoms with Crippen LogP contribution in [-0.2, 0) is 16.0 Å². The van der Waals surface area contributed by atoms with E-state index in [1.165, 1.54) is 23.8 Å². The molecule has 0 aliphatic rings. The molecule has 1 aromatic rings. The van der Waals surface area contributed by atoms with Gasteiger partial charge in [0.15, 0.2) is 5.96 Å². The summed E-state index contributed by atoms with van der Waals surface area (Å²) in [6.07, 6.45) is 4.30.